The number of nitrogens with one attached hydrogen (secondary N) is 3. The normalized spacial score (nSPS) is 20.1. The van der Waals surface area contributed by atoms with E-state index < -0.39 is 5.82 Å². The van der Waals surface area contributed by atoms with Gasteiger partial charge in [-0.05, 0) is 77.0 Å². The monoisotopic (exact) mass is 469 g/mol. The summed E-state index contributed by atoms with van der Waals surface area (Å²) >= 11 is 0. The second-order valence-electron chi connectivity index (χ2n) is 10.8. The summed E-state index contributed by atoms with van der Waals surface area (Å²) in [7, 11) is 1.70. The number of amidine groups is 1. The second-order valence-corrected chi connectivity index (χ2v) is 10.8. The highest BCUT2D eigenvalue weighted by Gasteiger charge is 2.38. The predicted octanol–water partition coefficient (Wildman–Crippen LogP) is 3.38. The Morgan fingerprint density at radius 3 is 2.47 bits per heavy atom. The van der Waals surface area contributed by atoms with Crippen molar-refractivity contribution in [2.24, 2.45) is 16.8 Å². The summed E-state index contributed by atoms with van der Waals surface area (Å²) in [6, 6.07) is 6.02. The van der Waals surface area contributed by atoms with Gasteiger partial charge in [-0.15, -0.1) is 0 Å². The fourth-order valence-corrected chi connectivity index (χ4v) is 5.20. The van der Waals surface area contributed by atoms with Gasteiger partial charge in [-0.2, -0.15) is 10.1 Å². The Hall–Kier alpha value is -2.98. The fourth-order valence-electron chi connectivity index (χ4n) is 5.20. The van der Waals surface area contributed by atoms with Crippen LogP contribution in [-0.4, -0.2) is 45.0 Å². The molecular formula is C24H36FN9. The summed E-state index contributed by atoms with van der Waals surface area (Å²) in [5.41, 5.74) is 2.62. The first-order valence-electron chi connectivity index (χ1n) is 11.7. The smallest absolute Gasteiger partial charge is 0.229 e. The van der Waals surface area contributed by atoms with E-state index in [0.29, 0.717) is 17.7 Å². The van der Waals surface area contributed by atoms with Crippen LogP contribution in [0.4, 0.5) is 21.8 Å². The summed E-state index contributed by atoms with van der Waals surface area (Å²) in [5, 5.41) is 15.4. The minimum absolute atomic E-state index is 0.0673. The number of nitrogens with zero attached hydrogens (tertiary/aromatic N) is 4. The van der Waals surface area contributed by atoms with Gasteiger partial charge in [0.15, 0.2) is 17.5 Å². The number of hydrogen-bond acceptors (Lipinski definition) is 8. The van der Waals surface area contributed by atoms with Crippen molar-refractivity contribution < 1.29 is 4.39 Å². The van der Waals surface area contributed by atoms with E-state index in [2.05, 4.69) is 58.7 Å². The molecule has 0 spiro atoms. The summed E-state index contributed by atoms with van der Waals surface area (Å²) < 4.78 is 14.6. The molecule has 2 fully saturated rings. The maximum atomic E-state index is 14.6. The highest BCUT2D eigenvalue weighted by Crippen LogP contribution is 2.42. The molecule has 34 heavy (non-hydrogen) atoms. The molecule has 0 atom stereocenters. The second kappa shape index (κ2) is 8.99. The molecule has 184 valence electrons. The highest BCUT2D eigenvalue weighted by atomic mass is 19.1. The lowest BCUT2D eigenvalue weighted by atomic mass is 9.79. The maximum absolute atomic E-state index is 14.6. The first kappa shape index (κ1) is 24.2. The number of benzene rings is 1. The molecule has 7 N–H and O–H groups in total. The largest absolute Gasteiger partial charge is 0.365 e. The van der Waals surface area contributed by atoms with E-state index in [1.165, 1.54) is 11.2 Å². The average molecular weight is 470 g/mol. The van der Waals surface area contributed by atoms with Crippen LogP contribution in [0, 0.1) is 5.82 Å². The van der Waals surface area contributed by atoms with Crippen molar-refractivity contribution in [3.05, 3.63) is 41.3 Å². The zero-order chi connectivity index (χ0) is 24.7. The van der Waals surface area contributed by atoms with Gasteiger partial charge >= 0.3 is 0 Å². The third kappa shape index (κ3) is 5.56. The number of nitrogens with two attached hydrogens (primary N) is 2. The number of rotatable bonds is 6. The first-order chi connectivity index (χ1) is 16.0. The summed E-state index contributed by atoms with van der Waals surface area (Å²) in [4.78, 5) is 8.58. The molecule has 1 saturated heterocycles. The third-order valence-corrected chi connectivity index (χ3v) is 6.30. The zero-order valence-corrected chi connectivity index (χ0v) is 20.6. The van der Waals surface area contributed by atoms with Crippen LogP contribution in [0.1, 0.15) is 70.4 Å². The molecule has 1 aliphatic heterocycles. The quantitative estimate of drug-likeness (QED) is 0.188. The van der Waals surface area contributed by atoms with Crippen molar-refractivity contribution in [3.8, 4) is 0 Å². The number of halogens is 1. The van der Waals surface area contributed by atoms with E-state index in [4.69, 9.17) is 11.7 Å². The molecule has 0 amide bonds. The molecule has 0 unspecified atom stereocenters. The Morgan fingerprint density at radius 2 is 1.88 bits per heavy atom. The van der Waals surface area contributed by atoms with E-state index in [9.17, 15) is 4.39 Å². The average Bonchev–Trinajstić information content (AvgIpc) is 3.54. The van der Waals surface area contributed by atoms with Crippen LogP contribution in [0.2, 0.25) is 0 Å². The molecule has 4 rings (SSSR count). The van der Waals surface area contributed by atoms with Gasteiger partial charge in [-0.1, -0.05) is 6.07 Å². The Balaban J connectivity index is 1.57. The van der Waals surface area contributed by atoms with Crippen molar-refractivity contribution in [3.63, 3.8) is 0 Å². The number of aromatic nitrogens is 2. The predicted molar refractivity (Wildman–Crippen MR) is 134 cm³/mol. The molecule has 1 aromatic carbocycles. The molecule has 1 aromatic heterocycles. The minimum Gasteiger partial charge on any atom is -0.365 e. The maximum Gasteiger partial charge on any atom is 0.229 e. The molecule has 1 aliphatic carbocycles. The van der Waals surface area contributed by atoms with Crippen LogP contribution < -0.4 is 27.6 Å². The lowest BCUT2D eigenvalue weighted by molar-refractivity contribution is 0.170. The molecule has 1 saturated carbocycles. The fraction of sp³-hybridized carbons (Fsp3) is 0.542. The van der Waals surface area contributed by atoms with E-state index in [1.807, 2.05) is 18.2 Å². The molecule has 0 bridgehead atoms. The Bertz CT molecular complexity index is 1060. The van der Waals surface area contributed by atoms with Crippen molar-refractivity contribution >= 4 is 23.3 Å². The SMILES string of the molecule is CN(N)/C(=N\N)c1cc(Nc2ncc(F)c(NC3CC(C)(C)NC(C)(C)C3)n2)ccc1C1CC1. The number of hydrogen-bond donors (Lipinski definition) is 5. The van der Waals surface area contributed by atoms with Gasteiger partial charge in [0.1, 0.15) is 0 Å². The molecular weight excluding hydrogens is 433 g/mol. The molecule has 9 nitrogen and oxygen atoms in total. The van der Waals surface area contributed by atoms with Crippen LogP contribution in [-0.2, 0) is 0 Å². The van der Waals surface area contributed by atoms with Crippen LogP contribution >= 0.6 is 0 Å². The molecule has 2 heterocycles. The lowest BCUT2D eigenvalue weighted by Crippen LogP contribution is -2.60. The Labute approximate surface area is 200 Å². The summed E-state index contributed by atoms with van der Waals surface area (Å²) in [6.45, 7) is 8.64. The summed E-state index contributed by atoms with van der Waals surface area (Å²) in [5.74, 6) is 12.6. The lowest BCUT2D eigenvalue weighted by Gasteiger charge is -2.46. The van der Waals surface area contributed by atoms with Crippen molar-refractivity contribution in [2.75, 3.05) is 17.7 Å². The first-order valence-corrected chi connectivity index (χ1v) is 11.7. The summed E-state index contributed by atoms with van der Waals surface area (Å²) in [6.07, 6.45) is 5.15. The Morgan fingerprint density at radius 1 is 1.21 bits per heavy atom. The van der Waals surface area contributed by atoms with E-state index in [0.717, 1.165) is 42.5 Å². The van der Waals surface area contributed by atoms with Gasteiger partial charge in [0, 0.05) is 35.4 Å². The third-order valence-electron chi connectivity index (χ3n) is 6.30. The van der Waals surface area contributed by atoms with Gasteiger partial charge < -0.3 is 21.8 Å². The number of anilines is 3. The van der Waals surface area contributed by atoms with Gasteiger partial charge in [0.25, 0.3) is 0 Å². The Kier molecular flexibility index (Phi) is 6.39. The van der Waals surface area contributed by atoms with Crippen LogP contribution in [0.5, 0.6) is 0 Å². The topological polar surface area (TPSA) is 130 Å². The number of hydrazine groups is 1. The minimum atomic E-state index is -0.480. The van der Waals surface area contributed by atoms with Gasteiger partial charge in [-0.3, -0.25) is 5.01 Å². The van der Waals surface area contributed by atoms with E-state index in [1.54, 1.807) is 7.05 Å². The number of piperidine rings is 1. The van der Waals surface area contributed by atoms with Gasteiger partial charge in [0.2, 0.25) is 5.95 Å². The van der Waals surface area contributed by atoms with Crippen LogP contribution in [0.3, 0.4) is 0 Å². The molecule has 2 aliphatic rings. The molecule has 0 radical (unpaired) electrons. The van der Waals surface area contributed by atoms with E-state index >= 15 is 0 Å². The number of hydrazone groups is 1. The zero-order valence-electron chi connectivity index (χ0n) is 20.6. The molecule has 10 heteroatoms. The van der Waals surface area contributed by atoms with Gasteiger partial charge in [0.05, 0.1) is 6.20 Å². The van der Waals surface area contributed by atoms with Gasteiger partial charge in [-0.25, -0.2) is 15.2 Å². The van der Waals surface area contributed by atoms with Crippen molar-refractivity contribution in [2.45, 2.75) is 76.4 Å². The highest BCUT2D eigenvalue weighted by molar-refractivity contribution is 6.00. The van der Waals surface area contributed by atoms with Crippen LogP contribution in [0.15, 0.2) is 29.5 Å². The van der Waals surface area contributed by atoms with Crippen LogP contribution in [0.25, 0.3) is 0 Å². The standard InChI is InChI=1S/C24H36FN9/c1-23(2)11-16(12-24(3,4)33-23)29-20-19(25)13-28-22(31-20)30-15-8-9-17(14-6-7-14)18(10-15)21(32-26)34(5)27/h8-10,13-14,16,33H,6-7,11-12,26-27H2,1-5H3,(H2,28,29,30,31)/b32-21-. The molecule has 2 aromatic rings. The van der Waals surface area contributed by atoms with Crippen molar-refractivity contribution in [1.82, 2.24) is 20.3 Å². The van der Waals surface area contributed by atoms with E-state index in [-0.39, 0.29) is 22.9 Å². The van der Waals surface area contributed by atoms with Crippen molar-refractivity contribution in [1.29, 1.82) is 0 Å².